The van der Waals surface area contributed by atoms with Crippen LogP contribution >= 0.6 is 0 Å². The highest BCUT2D eigenvalue weighted by Crippen LogP contribution is 2.33. The number of hydrogen-bond acceptors (Lipinski definition) is 3. The van der Waals surface area contributed by atoms with Crippen LogP contribution in [0.2, 0.25) is 0 Å². The molecule has 3 heteroatoms. The molecule has 1 aromatic rings. The first-order chi connectivity index (χ1) is 9.34. The van der Waals surface area contributed by atoms with E-state index in [0.717, 1.165) is 31.6 Å². The van der Waals surface area contributed by atoms with Gasteiger partial charge < -0.3 is 14.9 Å². The maximum absolute atomic E-state index is 10.1. The van der Waals surface area contributed by atoms with Gasteiger partial charge in [-0.05, 0) is 38.4 Å². The molecule has 3 rings (SSSR count). The summed E-state index contributed by atoms with van der Waals surface area (Å²) in [6.45, 7) is 5.75. The third-order valence-corrected chi connectivity index (χ3v) is 4.44. The average molecular weight is 260 g/mol. The van der Waals surface area contributed by atoms with Crippen molar-refractivity contribution in [1.82, 2.24) is 4.90 Å². The fraction of sp³-hybridized carbons (Fsp3) is 0.625. The molecule has 0 radical (unpaired) electrons. The lowest BCUT2D eigenvalue weighted by atomic mass is 9.99. The Morgan fingerprint density at radius 3 is 2.63 bits per heavy atom. The van der Waals surface area contributed by atoms with Crippen molar-refractivity contribution >= 4 is 5.69 Å². The quantitative estimate of drug-likeness (QED) is 0.904. The Labute approximate surface area is 115 Å². The summed E-state index contributed by atoms with van der Waals surface area (Å²) < 4.78 is 0. The second kappa shape index (κ2) is 5.93. The highest BCUT2D eigenvalue weighted by Gasteiger charge is 2.23. The van der Waals surface area contributed by atoms with Gasteiger partial charge in [-0.3, -0.25) is 0 Å². The number of para-hydroxylation sites is 1. The van der Waals surface area contributed by atoms with Gasteiger partial charge >= 0.3 is 0 Å². The lowest BCUT2D eigenvalue weighted by molar-refractivity contribution is 0.162. The monoisotopic (exact) mass is 260 g/mol. The summed E-state index contributed by atoms with van der Waals surface area (Å²) >= 11 is 0. The van der Waals surface area contributed by atoms with Crippen LogP contribution in [0.25, 0.3) is 0 Å². The summed E-state index contributed by atoms with van der Waals surface area (Å²) in [6.07, 6.45) is 4.69. The van der Waals surface area contributed by atoms with Crippen LogP contribution in [0.5, 0.6) is 0 Å². The van der Waals surface area contributed by atoms with E-state index >= 15 is 0 Å². The van der Waals surface area contributed by atoms with Gasteiger partial charge in [0.1, 0.15) is 0 Å². The van der Waals surface area contributed by atoms with E-state index in [1.165, 1.54) is 38.0 Å². The van der Waals surface area contributed by atoms with Crippen molar-refractivity contribution in [3.8, 4) is 0 Å². The van der Waals surface area contributed by atoms with Gasteiger partial charge in [-0.1, -0.05) is 24.6 Å². The van der Waals surface area contributed by atoms with E-state index in [2.05, 4.69) is 28.0 Å². The van der Waals surface area contributed by atoms with Crippen molar-refractivity contribution in [2.75, 3.05) is 37.6 Å². The van der Waals surface area contributed by atoms with Crippen molar-refractivity contribution < 1.29 is 5.11 Å². The van der Waals surface area contributed by atoms with Gasteiger partial charge in [0.25, 0.3) is 0 Å². The Balaban J connectivity index is 1.64. The molecule has 0 aromatic heterocycles. The van der Waals surface area contributed by atoms with Crippen molar-refractivity contribution in [3.05, 3.63) is 29.8 Å². The minimum absolute atomic E-state index is 0.276. The predicted molar refractivity (Wildman–Crippen MR) is 78.5 cm³/mol. The molecule has 1 fully saturated rings. The summed E-state index contributed by atoms with van der Waals surface area (Å²) in [5.74, 6) is 0. The molecule has 1 unspecified atom stereocenters. The molecule has 19 heavy (non-hydrogen) atoms. The Hall–Kier alpha value is -1.06. The van der Waals surface area contributed by atoms with E-state index in [4.69, 9.17) is 0 Å². The molecule has 1 atom stereocenters. The molecule has 0 aliphatic carbocycles. The van der Waals surface area contributed by atoms with Gasteiger partial charge in [-0.25, -0.2) is 0 Å². The van der Waals surface area contributed by atoms with E-state index in [0.29, 0.717) is 0 Å². The van der Waals surface area contributed by atoms with Crippen LogP contribution < -0.4 is 4.90 Å². The fourth-order valence-corrected chi connectivity index (χ4v) is 3.29. The van der Waals surface area contributed by atoms with E-state index in [1.54, 1.807) is 0 Å². The molecule has 3 nitrogen and oxygen atoms in total. The van der Waals surface area contributed by atoms with Crippen molar-refractivity contribution in [3.63, 3.8) is 0 Å². The highest BCUT2D eigenvalue weighted by atomic mass is 16.3. The number of hydrogen-bond donors (Lipinski definition) is 1. The van der Waals surface area contributed by atoms with Crippen molar-refractivity contribution in [1.29, 1.82) is 0 Å². The van der Waals surface area contributed by atoms with Gasteiger partial charge in [-0.15, -0.1) is 0 Å². The molecule has 2 aliphatic heterocycles. The summed E-state index contributed by atoms with van der Waals surface area (Å²) in [7, 11) is 0. The first kappa shape index (κ1) is 12.9. The maximum atomic E-state index is 10.1. The van der Waals surface area contributed by atoms with E-state index in [9.17, 15) is 5.11 Å². The highest BCUT2D eigenvalue weighted by molar-refractivity contribution is 5.56. The largest absolute Gasteiger partial charge is 0.388 e. The number of anilines is 1. The zero-order valence-electron chi connectivity index (χ0n) is 11.6. The number of piperidine rings is 1. The SMILES string of the molecule is OC1CCN(CCN2CCCCC2)c2ccccc21. The van der Waals surface area contributed by atoms with Gasteiger partial charge in [0.15, 0.2) is 0 Å². The van der Waals surface area contributed by atoms with Gasteiger partial charge in [0.2, 0.25) is 0 Å². The lowest BCUT2D eigenvalue weighted by Crippen LogP contribution is -2.40. The number of fused-ring (bicyclic) bond motifs is 1. The number of likely N-dealkylation sites (tertiary alicyclic amines) is 1. The fourth-order valence-electron chi connectivity index (χ4n) is 3.29. The second-order valence-corrected chi connectivity index (χ2v) is 5.75. The Morgan fingerprint density at radius 1 is 1.00 bits per heavy atom. The Bertz CT molecular complexity index is 415. The molecule has 2 aliphatic rings. The number of rotatable bonds is 3. The molecule has 1 saturated heterocycles. The van der Waals surface area contributed by atoms with Crippen LogP contribution in [-0.4, -0.2) is 42.7 Å². The van der Waals surface area contributed by atoms with Crippen LogP contribution in [0.1, 0.15) is 37.4 Å². The van der Waals surface area contributed by atoms with E-state index < -0.39 is 0 Å². The average Bonchev–Trinajstić information content (AvgIpc) is 2.48. The van der Waals surface area contributed by atoms with E-state index in [1.807, 2.05) is 6.07 Å². The topological polar surface area (TPSA) is 26.7 Å². The summed E-state index contributed by atoms with van der Waals surface area (Å²) in [5, 5.41) is 10.1. The van der Waals surface area contributed by atoms with Crippen LogP contribution in [0.15, 0.2) is 24.3 Å². The number of benzene rings is 1. The smallest absolute Gasteiger partial charge is 0.0826 e. The summed E-state index contributed by atoms with van der Waals surface area (Å²) in [6, 6.07) is 8.31. The third kappa shape index (κ3) is 2.93. The second-order valence-electron chi connectivity index (χ2n) is 5.75. The molecule has 1 N–H and O–H groups in total. The molecule has 0 saturated carbocycles. The number of aliphatic hydroxyl groups excluding tert-OH is 1. The molecule has 0 bridgehead atoms. The molecular formula is C16H24N2O. The van der Waals surface area contributed by atoms with Crippen molar-refractivity contribution in [2.45, 2.75) is 31.8 Å². The lowest BCUT2D eigenvalue weighted by Gasteiger charge is -2.36. The summed E-state index contributed by atoms with van der Waals surface area (Å²) in [4.78, 5) is 5.02. The standard InChI is InChI=1S/C16H24N2O/c19-16-8-11-18(15-7-3-2-6-14(15)16)13-12-17-9-4-1-5-10-17/h2-3,6-7,16,19H,1,4-5,8-13H2. The van der Waals surface area contributed by atoms with Crippen LogP contribution in [0.3, 0.4) is 0 Å². The minimum Gasteiger partial charge on any atom is -0.388 e. The molecule has 1 aromatic carbocycles. The molecule has 0 amide bonds. The van der Waals surface area contributed by atoms with Gasteiger partial charge in [0, 0.05) is 30.9 Å². The molecule has 2 heterocycles. The third-order valence-electron chi connectivity index (χ3n) is 4.44. The summed E-state index contributed by atoms with van der Waals surface area (Å²) in [5.41, 5.74) is 2.34. The first-order valence-corrected chi connectivity index (χ1v) is 7.59. The molecule has 0 spiro atoms. The van der Waals surface area contributed by atoms with Gasteiger partial charge in [-0.2, -0.15) is 0 Å². The van der Waals surface area contributed by atoms with Crippen molar-refractivity contribution in [2.24, 2.45) is 0 Å². The molecular weight excluding hydrogens is 236 g/mol. The van der Waals surface area contributed by atoms with Crippen LogP contribution in [0, 0.1) is 0 Å². The Morgan fingerprint density at radius 2 is 1.79 bits per heavy atom. The van der Waals surface area contributed by atoms with E-state index in [-0.39, 0.29) is 6.10 Å². The zero-order chi connectivity index (χ0) is 13.1. The number of aliphatic hydroxyl groups is 1. The number of nitrogens with zero attached hydrogens (tertiary/aromatic N) is 2. The normalized spacial score (nSPS) is 24.3. The van der Waals surface area contributed by atoms with Crippen LogP contribution in [-0.2, 0) is 0 Å². The van der Waals surface area contributed by atoms with Gasteiger partial charge in [0.05, 0.1) is 6.10 Å². The maximum Gasteiger partial charge on any atom is 0.0826 e. The minimum atomic E-state index is -0.276. The molecule has 104 valence electrons. The predicted octanol–water partition coefficient (Wildman–Crippen LogP) is 2.42. The first-order valence-electron chi connectivity index (χ1n) is 7.59. The zero-order valence-corrected chi connectivity index (χ0v) is 11.6. The Kier molecular flexibility index (Phi) is 4.04. The van der Waals surface area contributed by atoms with Crippen LogP contribution in [0.4, 0.5) is 5.69 Å².